The van der Waals surface area contributed by atoms with E-state index in [9.17, 15) is 9.59 Å². The predicted octanol–water partition coefficient (Wildman–Crippen LogP) is 3.90. The summed E-state index contributed by atoms with van der Waals surface area (Å²) in [6.07, 6.45) is 3.65. The Bertz CT molecular complexity index is 847. The highest BCUT2D eigenvalue weighted by atomic mass is 32.1. The third-order valence-corrected chi connectivity index (χ3v) is 6.62. The van der Waals surface area contributed by atoms with Crippen LogP contribution in [0.4, 0.5) is 0 Å². The Kier molecular flexibility index (Phi) is 6.19. The second kappa shape index (κ2) is 8.99. The average Bonchev–Trinajstić information content (AvgIpc) is 3.48. The molecule has 1 aliphatic heterocycles. The molecule has 29 heavy (non-hydrogen) atoms. The van der Waals surface area contributed by atoms with Crippen LogP contribution in [0.25, 0.3) is 0 Å². The molecule has 1 fully saturated rings. The lowest BCUT2D eigenvalue weighted by atomic mass is 10.0. The number of ether oxygens (including phenoxy) is 1. The Hall–Kier alpha value is -2.34. The first kappa shape index (κ1) is 20.0. The van der Waals surface area contributed by atoms with Crippen molar-refractivity contribution < 1.29 is 14.3 Å². The van der Waals surface area contributed by atoms with Crippen LogP contribution in [0.15, 0.2) is 41.8 Å². The molecule has 5 nitrogen and oxygen atoms in total. The van der Waals surface area contributed by atoms with E-state index >= 15 is 0 Å². The number of hydrogen-bond acceptors (Lipinski definition) is 4. The maximum Gasteiger partial charge on any atom is 0.242 e. The molecule has 4 rings (SSSR count). The van der Waals surface area contributed by atoms with Crippen LogP contribution in [0.2, 0.25) is 0 Å². The minimum Gasteiger partial charge on any atom is -0.491 e. The van der Waals surface area contributed by atoms with Crippen LogP contribution in [0.3, 0.4) is 0 Å². The monoisotopic (exact) mass is 412 g/mol. The standard InChI is InChI=1S/C23H28N2O3S/c1-2-12-24(23(27)17-8-9-17)15-22(26)25-13-10-21-19(11-14-29-21)20(25)16-28-18-6-4-3-5-7-18/h3-7,11,14,17,20H,2,8-10,12-13,15-16H2,1H3/t20-/m0/s1. The largest absolute Gasteiger partial charge is 0.491 e. The zero-order valence-electron chi connectivity index (χ0n) is 16.9. The van der Waals surface area contributed by atoms with Crippen LogP contribution >= 0.6 is 11.3 Å². The van der Waals surface area contributed by atoms with Crippen LogP contribution < -0.4 is 4.74 Å². The van der Waals surface area contributed by atoms with Gasteiger partial charge in [0, 0.05) is 23.9 Å². The van der Waals surface area contributed by atoms with Gasteiger partial charge in [0.25, 0.3) is 0 Å². The molecular weight excluding hydrogens is 384 g/mol. The first-order valence-electron chi connectivity index (χ1n) is 10.5. The summed E-state index contributed by atoms with van der Waals surface area (Å²) in [5.74, 6) is 1.10. The molecule has 2 amide bonds. The lowest BCUT2D eigenvalue weighted by Gasteiger charge is -2.37. The minimum absolute atomic E-state index is 0.0194. The third-order valence-electron chi connectivity index (χ3n) is 5.62. The summed E-state index contributed by atoms with van der Waals surface area (Å²) in [7, 11) is 0. The number of thiophene rings is 1. The van der Waals surface area contributed by atoms with Crippen molar-refractivity contribution in [2.75, 3.05) is 26.2 Å². The Morgan fingerprint density at radius 1 is 1.21 bits per heavy atom. The Morgan fingerprint density at radius 3 is 2.72 bits per heavy atom. The van der Waals surface area contributed by atoms with Crippen molar-refractivity contribution >= 4 is 23.2 Å². The smallest absolute Gasteiger partial charge is 0.242 e. The van der Waals surface area contributed by atoms with Crippen LogP contribution in [0.1, 0.15) is 42.7 Å². The van der Waals surface area contributed by atoms with E-state index in [-0.39, 0.29) is 30.3 Å². The highest BCUT2D eigenvalue weighted by Gasteiger charge is 2.36. The maximum absolute atomic E-state index is 13.3. The van der Waals surface area contributed by atoms with Crippen molar-refractivity contribution in [3.63, 3.8) is 0 Å². The van der Waals surface area contributed by atoms with Gasteiger partial charge in [-0.3, -0.25) is 9.59 Å². The third kappa shape index (κ3) is 4.64. The molecule has 0 unspecified atom stereocenters. The molecule has 6 heteroatoms. The molecule has 1 atom stereocenters. The molecule has 1 aromatic heterocycles. The highest BCUT2D eigenvalue weighted by Crippen LogP contribution is 2.35. The van der Waals surface area contributed by atoms with Gasteiger partial charge in [-0.1, -0.05) is 25.1 Å². The zero-order valence-corrected chi connectivity index (χ0v) is 17.7. The Labute approximate surface area is 176 Å². The number of carbonyl (C=O) groups is 2. The second-order valence-electron chi connectivity index (χ2n) is 7.81. The number of amides is 2. The van der Waals surface area contributed by atoms with E-state index in [1.165, 1.54) is 10.4 Å². The van der Waals surface area contributed by atoms with Crippen LogP contribution in [0.5, 0.6) is 5.75 Å². The molecule has 0 N–H and O–H groups in total. The minimum atomic E-state index is -0.114. The summed E-state index contributed by atoms with van der Waals surface area (Å²) in [6, 6.07) is 11.7. The molecule has 1 saturated carbocycles. The molecule has 0 spiro atoms. The van der Waals surface area contributed by atoms with Gasteiger partial charge < -0.3 is 14.5 Å². The summed E-state index contributed by atoms with van der Waals surface area (Å²) in [6.45, 7) is 3.96. The van der Waals surface area contributed by atoms with Crippen LogP contribution in [0, 0.1) is 5.92 Å². The lowest BCUT2D eigenvalue weighted by molar-refractivity contribution is -0.143. The van der Waals surface area contributed by atoms with Gasteiger partial charge >= 0.3 is 0 Å². The first-order valence-corrected chi connectivity index (χ1v) is 11.4. The predicted molar refractivity (Wildman–Crippen MR) is 114 cm³/mol. The van der Waals surface area contributed by atoms with Gasteiger partial charge in [0.05, 0.1) is 12.6 Å². The SMILES string of the molecule is CCCN(CC(=O)N1CCc2sccc2[C@@H]1COc1ccccc1)C(=O)C1CC1. The van der Waals surface area contributed by atoms with Crippen molar-refractivity contribution in [2.24, 2.45) is 5.92 Å². The van der Waals surface area contributed by atoms with Gasteiger partial charge in [-0.2, -0.15) is 0 Å². The van der Waals surface area contributed by atoms with Crippen molar-refractivity contribution in [3.05, 3.63) is 52.2 Å². The number of fused-ring (bicyclic) bond motifs is 1. The summed E-state index contributed by atoms with van der Waals surface area (Å²) < 4.78 is 6.03. The molecule has 1 aromatic carbocycles. The number of benzene rings is 1. The molecule has 0 saturated heterocycles. The number of para-hydroxylation sites is 1. The van der Waals surface area contributed by atoms with Crippen molar-refractivity contribution in [1.82, 2.24) is 9.80 Å². The maximum atomic E-state index is 13.3. The van der Waals surface area contributed by atoms with E-state index in [0.717, 1.165) is 31.4 Å². The van der Waals surface area contributed by atoms with Gasteiger partial charge in [0.15, 0.2) is 0 Å². The van der Waals surface area contributed by atoms with E-state index in [0.29, 0.717) is 19.7 Å². The molecule has 1 aliphatic carbocycles. The summed E-state index contributed by atoms with van der Waals surface area (Å²) in [5.41, 5.74) is 1.18. The number of nitrogens with zero attached hydrogens (tertiary/aromatic N) is 2. The summed E-state index contributed by atoms with van der Waals surface area (Å²) in [5, 5.41) is 2.09. The second-order valence-corrected chi connectivity index (χ2v) is 8.81. The van der Waals surface area contributed by atoms with Gasteiger partial charge in [0.1, 0.15) is 12.4 Å². The lowest BCUT2D eigenvalue weighted by Crippen LogP contribution is -2.48. The molecule has 0 bridgehead atoms. The van der Waals surface area contributed by atoms with Gasteiger partial charge in [-0.25, -0.2) is 0 Å². The summed E-state index contributed by atoms with van der Waals surface area (Å²) in [4.78, 5) is 30.9. The molecule has 2 heterocycles. The normalized spacial score (nSPS) is 18.2. The Balaban J connectivity index is 1.48. The van der Waals surface area contributed by atoms with Gasteiger partial charge in [-0.05, 0) is 54.8 Å². The first-order chi connectivity index (χ1) is 14.2. The molecular formula is C23H28N2O3S. The van der Waals surface area contributed by atoms with Gasteiger partial charge in [0.2, 0.25) is 11.8 Å². The van der Waals surface area contributed by atoms with E-state index in [2.05, 4.69) is 11.4 Å². The number of hydrogen-bond donors (Lipinski definition) is 0. The van der Waals surface area contributed by atoms with E-state index in [1.54, 1.807) is 16.2 Å². The average molecular weight is 413 g/mol. The fourth-order valence-corrected chi connectivity index (χ4v) is 4.87. The molecule has 2 aromatic rings. The molecule has 154 valence electrons. The van der Waals surface area contributed by atoms with Crippen molar-refractivity contribution in [3.8, 4) is 5.75 Å². The van der Waals surface area contributed by atoms with E-state index in [1.807, 2.05) is 42.2 Å². The van der Waals surface area contributed by atoms with Crippen LogP contribution in [-0.2, 0) is 16.0 Å². The van der Waals surface area contributed by atoms with Crippen molar-refractivity contribution in [1.29, 1.82) is 0 Å². The van der Waals surface area contributed by atoms with E-state index in [4.69, 9.17) is 4.74 Å². The van der Waals surface area contributed by atoms with Crippen LogP contribution in [-0.4, -0.2) is 47.9 Å². The van der Waals surface area contributed by atoms with Gasteiger partial charge in [-0.15, -0.1) is 11.3 Å². The van der Waals surface area contributed by atoms with E-state index < -0.39 is 0 Å². The zero-order chi connectivity index (χ0) is 20.2. The number of rotatable bonds is 8. The fourth-order valence-electron chi connectivity index (χ4n) is 3.95. The highest BCUT2D eigenvalue weighted by molar-refractivity contribution is 7.10. The number of carbonyl (C=O) groups excluding carboxylic acids is 2. The molecule has 0 radical (unpaired) electrons. The summed E-state index contributed by atoms with van der Waals surface area (Å²) >= 11 is 1.75. The Morgan fingerprint density at radius 2 is 2.00 bits per heavy atom. The van der Waals surface area contributed by atoms with Crippen molar-refractivity contribution in [2.45, 2.75) is 38.6 Å². The quantitative estimate of drug-likeness (QED) is 0.661. The topological polar surface area (TPSA) is 49.9 Å². The fraction of sp³-hybridized carbons (Fsp3) is 0.478. The molecule has 2 aliphatic rings.